The van der Waals surface area contributed by atoms with Gasteiger partial charge < -0.3 is 4.74 Å². The van der Waals surface area contributed by atoms with E-state index >= 15 is 4.39 Å². The molecule has 40 heavy (non-hydrogen) atoms. The van der Waals surface area contributed by atoms with Crippen LogP contribution in [0.3, 0.4) is 0 Å². The summed E-state index contributed by atoms with van der Waals surface area (Å²) in [5, 5.41) is 0. The molecule has 0 aromatic heterocycles. The van der Waals surface area contributed by atoms with E-state index in [9.17, 15) is 8.78 Å². The summed E-state index contributed by atoms with van der Waals surface area (Å²) in [6, 6.07) is 15.0. The zero-order valence-corrected chi connectivity index (χ0v) is 23.0. The molecule has 3 aromatic rings. The molecule has 2 aliphatic rings. The second kappa shape index (κ2) is 13.0. The van der Waals surface area contributed by atoms with E-state index in [1.165, 1.54) is 56.2 Å². The fraction of sp³-hybridized carbons (Fsp3) is 0.371. The van der Waals surface area contributed by atoms with E-state index in [2.05, 4.69) is 12.7 Å². The summed E-state index contributed by atoms with van der Waals surface area (Å²) < 4.78 is 49.1. The van der Waals surface area contributed by atoms with Crippen molar-refractivity contribution < 1.29 is 17.9 Å². The third-order valence-electron chi connectivity index (χ3n) is 8.92. The van der Waals surface area contributed by atoms with Crippen LogP contribution in [0.15, 0.2) is 73.3 Å². The normalized spacial score (nSPS) is 21.1. The first-order valence-electron chi connectivity index (χ1n) is 14.5. The van der Waals surface area contributed by atoms with Crippen molar-refractivity contribution in [3.05, 3.63) is 96.3 Å². The van der Waals surface area contributed by atoms with Crippen LogP contribution in [0.1, 0.15) is 63.4 Å². The number of hydrogen-bond donors (Lipinski definition) is 0. The van der Waals surface area contributed by atoms with Crippen LogP contribution in [0, 0.1) is 35.2 Å². The second-order valence-electron chi connectivity index (χ2n) is 11.2. The average molecular weight is 540 g/mol. The van der Waals surface area contributed by atoms with Crippen molar-refractivity contribution in [2.45, 2.75) is 57.8 Å². The summed E-state index contributed by atoms with van der Waals surface area (Å²) >= 11 is 0. The summed E-state index contributed by atoms with van der Waals surface area (Å²) in [6.45, 7) is 3.61. The zero-order chi connectivity index (χ0) is 28.1. The maximum Gasteiger partial charge on any atom is 0.201 e. The Morgan fingerprint density at radius 2 is 1.48 bits per heavy atom. The minimum Gasteiger partial charge on any atom is -0.500 e. The van der Waals surface area contributed by atoms with Crippen molar-refractivity contribution in [3.8, 4) is 28.0 Å². The van der Waals surface area contributed by atoms with Crippen molar-refractivity contribution in [1.29, 1.82) is 0 Å². The van der Waals surface area contributed by atoms with Crippen molar-refractivity contribution in [2.75, 3.05) is 6.51 Å². The molecule has 0 aliphatic heterocycles. The monoisotopic (exact) mass is 540 g/mol. The van der Waals surface area contributed by atoms with Gasteiger partial charge >= 0.3 is 0 Å². The minimum absolute atomic E-state index is 0.104. The smallest absolute Gasteiger partial charge is 0.201 e. The molecule has 1 saturated carbocycles. The summed E-state index contributed by atoms with van der Waals surface area (Å²) in [7, 11) is 5.27. The third kappa shape index (κ3) is 6.24. The molecule has 2 radical (unpaired) electrons. The molecule has 1 atom stereocenters. The predicted octanol–water partition coefficient (Wildman–Crippen LogP) is 9.90. The number of allylic oxidation sites excluding steroid dienone is 3. The average Bonchev–Trinajstić information content (AvgIpc) is 2.99. The van der Waals surface area contributed by atoms with Crippen LogP contribution in [-0.4, -0.2) is 14.4 Å². The van der Waals surface area contributed by atoms with Gasteiger partial charge in [0.15, 0.2) is 11.6 Å². The second-order valence-corrected chi connectivity index (χ2v) is 11.2. The molecule has 5 rings (SSSR count). The molecule has 2 aliphatic carbocycles. The Balaban J connectivity index is 1.23. The third-order valence-corrected chi connectivity index (χ3v) is 8.92. The van der Waals surface area contributed by atoms with Crippen LogP contribution in [0.25, 0.3) is 27.8 Å². The van der Waals surface area contributed by atoms with Gasteiger partial charge in [-0.05, 0) is 103 Å². The lowest BCUT2D eigenvalue weighted by molar-refractivity contribution is 0.190. The highest BCUT2D eigenvalue weighted by Crippen LogP contribution is 2.42. The maximum atomic E-state index is 15.3. The number of hydrogen-bond acceptors (Lipinski definition) is 1. The molecule has 0 heterocycles. The number of rotatable bonds is 9. The van der Waals surface area contributed by atoms with Gasteiger partial charge in [-0.3, -0.25) is 0 Å². The molecule has 1 nitrogen and oxygen atoms in total. The lowest BCUT2D eigenvalue weighted by Crippen LogP contribution is -2.23. The van der Waals surface area contributed by atoms with Gasteiger partial charge in [0.05, 0.1) is 0 Å². The van der Waals surface area contributed by atoms with Crippen LogP contribution in [0.2, 0.25) is 0 Å². The summed E-state index contributed by atoms with van der Waals surface area (Å²) in [5.41, 5.74) is 3.93. The summed E-state index contributed by atoms with van der Waals surface area (Å²) in [4.78, 5) is 0. The van der Waals surface area contributed by atoms with E-state index in [0.717, 1.165) is 42.6 Å². The van der Waals surface area contributed by atoms with E-state index in [-0.39, 0.29) is 23.6 Å². The molecule has 1 unspecified atom stereocenters. The quantitative estimate of drug-likeness (QED) is 0.194. The highest BCUT2D eigenvalue weighted by molar-refractivity contribution is 6.08. The first-order valence-corrected chi connectivity index (χ1v) is 14.5. The molecular formula is C35H36BF3O. The number of benzene rings is 3. The highest BCUT2D eigenvalue weighted by atomic mass is 19.2. The molecule has 0 spiro atoms. The Bertz CT molecular complexity index is 1360. The lowest BCUT2D eigenvalue weighted by atomic mass is 9.70. The fourth-order valence-electron chi connectivity index (χ4n) is 6.58. The van der Waals surface area contributed by atoms with E-state index < -0.39 is 11.6 Å². The molecule has 0 N–H and O–H groups in total. The van der Waals surface area contributed by atoms with Crippen molar-refractivity contribution in [1.82, 2.24) is 0 Å². The van der Waals surface area contributed by atoms with Crippen molar-refractivity contribution in [3.63, 3.8) is 0 Å². The Hall–Kier alpha value is -3.21. The SMILES string of the molecule is [B]COc1ccc(-c2ccc(-c3ccc(C4=CCC(C5CCC(CCC=C)CC5)CC4)cc3F)cc2)c(F)c1F. The first kappa shape index (κ1) is 28.3. The molecular weight excluding hydrogens is 504 g/mol. The van der Waals surface area contributed by atoms with Gasteiger partial charge in [0.25, 0.3) is 0 Å². The van der Waals surface area contributed by atoms with Gasteiger partial charge in [0.1, 0.15) is 13.7 Å². The zero-order valence-electron chi connectivity index (χ0n) is 23.0. The van der Waals surface area contributed by atoms with Gasteiger partial charge in [0, 0.05) is 17.6 Å². The Morgan fingerprint density at radius 1 is 0.800 bits per heavy atom. The maximum absolute atomic E-state index is 15.3. The number of halogens is 3. The van der Waals surface area contributed by atoms with Crippen molar-refractivity contribution >= 4 is 13.4 Å². The van der Waals surface area contributed by atoms with Crippen LogP contribution < -0.4 is 4.74 Å². The van der Waals surface area contributed by atoms with Crippen LogP contribution in [0.4, 0.5) is 13.2 Å². The lowest BCUT2D eigenvalue weighted by Gasteiger charge is -2.35. The Labute approximate surface area is 237 Å². The molecule has 5 heteroatoms. The van der Waals surface area contributed by atoms with Crippen LogP contribution in [0.5, 0.6) is 5.75 Å². The van der Waals surface area contributed by atoms with Gasteiger partial charge in [0.2, 0.25) is 5.82 Å². The fourth-order valence-corrected chi connectivity index (χ4v) is 6.58. The van der Waals surface area contributed by atoms with Gasteiger partial charge in [-0.1, -0.05) is 61.4 Å². The van der Waals surface area contributed by atoms with Crippen LogP contribution >= 0.6 is 0 Å². The molecule has 3 aromatic carbocycles. The van der Waals surface area contributed by atoms with Gasteiger partial charge in [-0.25, -0.2) is 8.78 Å². The van der Waals surface area contributed by atoms with E-state index in [1.54, 1.807) is 30.3 Å². The van der Waals surface area contributed by atoms with E-state index in [1.807, 2.05) is 18.2 Å². The van der Waals surface area contributed by atoms with Gasteiger partial charge in [-0.15, -0.1) is 6.58 Å². The van der Waals surface area contributed by atoms with Crippen molar-refractivity contribution in [2.24, 2.45) is 17.8 Å². The molecule has 1 fully saturated rings. The topological polar surface area (TPSA) is 9.23 Å². The first-order chi connectivity index (χ1) is 19.5. The number of ether oxygens (including phenoxy) is 1. The van der Waals surface area contributed by atoms with Gasteiger partial charge in [-0.2, -0.15) is 4.39 Å². The standard InChI is InChI=1S/C35H36BF3O/c1-2-3-4-23-5-7-24(8-6-23)25-9-11-26(12-10-25)29-17-18-30(32(37)21-29)27-13-15-28(16-14-27)31-19-20-33(40-22-36)35(39)34(31)38/h2,11,13-21,23-25H,1,3-10,12,22H2. The van der Waals surface area contributed by atoms with E-state index in [4.69, 9.17) is 12.6 Å². The molecule has 0 saturated heterocycles. The summed E-state index contributed by atoms with van der Waals surface area (Å²) in [6.07, 6.45) is 15.4. The van der Waals surface area contributed by atoms with Crippen LogP contribution in [-0.2, 0) is 0 Å². The Kier molecular flexibility index (Phi) is 9.19. The predicted molar refractivity (Wildman–Crippen MR) is 159 cm³/mol. The largest absolute Gasteiger partial charge is 0.500 e. The summed E-state index contributed by atoms with van der Waals surface area (Å²) in [5.74, 6) is -0.165. The van der Waals surface area contributed by atoms with E-state index in [0.29, 0.717) is 16.7 Å². The molecule has 0 amide bonds. The minimum atomic E-state index is -1.08. The Morgan fingerprint density at radius 3 is 2.10 bits per heavy atom. The molecule has 206 valence electrons. The highest BCUT2D eigenvalue weighted by Gasteiger charge is 2.28. The molecule has 0 bridgehead atoms.